The Labute approximate surface area is 180 Å². The van der Waals surface area contributed by atoms with Gasteiger partial charge >= 0.3 is 0 Å². The molecule has 1 aromatic carbocycles. The molecule has 0 N–H and O–H groups in total. The van der Waals surface area contributed by atoms with Gasteiger partial charge < -0.3 is 9.13 Å². The molecule has 4 aliphatic carbocycles. The fourth-order valence-corrected chi connectivity index (χ4v) is 10.8. The van der Waals surface area contributed by atoms with Crippen LogP contribution in [0, 0.1) is 0 Å². The van der Waals surface area contributed by atoms with Crippen LogP contribution in [0.5, 0.6) is 0 Å². The average Bonchev–Trinajstić information content (AvgIpc) is 3.58. The van der Waals surface area contributed by atoms with Crippen LogP contribution in [0.15, 0.2) is 30.3 Å². The van der Waals surface area contributed by atoms with Crippen molar-refractivity contribution in [2.75, 3.05) is 0 Å². The van der Waals surface area contributed by atoms with Crippen LogP contribution in [0.25, 0.3) is 0 Å². The Hall–Kier alpha value is -0.643. The Morgan fingerprint density at radius 1 is 0.483 bits per heavy atom. The molecule has 0 amide bonds. The van der Waals surface area contributed by atoms with Crippen molar-refractivity contribution in [2.45, 2.75) is 127 Å². The molecule has 2 nitrogen and oxygen atoms in total. The lowest BCUT2D eigenvalue weighted by Gasteiger charge is -2.49. The van der Waals surface area contributed by atoms with E-state index in [1.807, 2.05) is 0 Å². The van der Waals surface area contributed by atoms with E-state index in [0.29, 0.717) is 0 Å². The summed E-state index contributed by atoms with van der Waals surface area (Å²) in [6.45, 7) is 0. The standard InChI is InChI=1S/C26H41N2Si/c1-2-20-26(21-3-1)29(27(22-12-4-5-13-22)23-14-6-7-15-23)28(24-16-8-9-17-24)25-18-10-11-19-25/h1-3,20-25H,4-19H2. The molecule has 0 aromatic heterocycles. The molecular weight excluding hydrogens is 368 g/mol. The minimum atomic E-state index is -0.864. The van der Waals surface area contributed by atoms with Gasteiger partial charge in [0, 0.05) is 24.2 Å². The molecule has 29 heavy (non-hydrogen) atoms. The fraction of sp³-hybridized carbons (Fsp3) is 0.769. The number of benzene rings is 1. The maximum atomic E-state index is 3.20. The molecule has 159 valence electrons. The maximum absolute atomic E-state index is 3.20. The van der Waals surface area contributed by atoms with E-state index in [4.69, 9.17) is 0 Å². The van der Waals surface area contributed by atoms with Crippen LogP contribution in [0.2, 0.25) is 0 Å². The van der Waals surface area contributed by atoms with Crippen LogP contribution in [-0.2, 0) is 0 Å². The third kappa shape index (κ3) is 4.38. The topological polar surface area (TPSA) is 6.48 Å². The minimum absolute atomic E-state index is 0.859. The summed E-state index contributed by atoms with van der Waals surface area (Å²) >= 11 is 0. The van der Waals surface area contributed by atoms with Crippen molar-refractivity contribution in [3.8, 4) is 0 Å². The van der Waals surface area contributed by atoms with Gasteiger partial charge in [-0.3, -0.25) is 0 Å². The highest BCUT2D eigenvalue weighted by Gasteiger charge is 2.45. The zero-order valence-corrected chi connectivity index (χ0v) is 19.4. The monoisotopic (exact) mass is 409 g/mol. The predicted molar refractivity (Wildman–Crippen MR) is 125 cm³/mol. The summed E-state index contributed by atoms with van der Waals surface area (Å²) in [4.78, 5) is 0. The van der Waals surface area contributed by atoms with Crippen LogP contribution >= 0.6 is 0 Å². The van der Waals surface area contributed by atoms with Gasteiger partial charge in [-0.2, -0.15) is 0 Å². The normalized spacial score (nSPS) is 25.5. The van der Waals surface area contributed by atoms with E-state index in [0.717, 1.165) is 24.2 Å². The Morgan fingerprint density at radius 2 is 0.793 bits per heavy atom. The first-order chi connectivity index (χ1) is 14.4. The molecule has 0 bridgehead atoms. The zero-order chi connectivity index (χ0) is 19.5. The molecule has 0 unspecified atom stereocenters. The largest absolute Gasteiger partial charge is 0.302 e. The Morgan fingerprint density at radius 3 is 1.10 bits per heavy atom. The second-order valence-electron chi connectivity index (χ2n) is 10.3. The Bertz CT molecular complexity index is 543. The van der Waals surface area contributed by atoms with Gasteiger partial charge in [0.2, 0.25) is 0 Å². The van der Waals surface area contributed by atoms with Crippen LogP contribution in [0.4, 0.5) is 0 Å². The Kier molecular flexibility index (Phi) is 6.75. The molecule has 4 aliphatic rings. The number of rotatable bonds is 7. The fourth-order valence-electron chi connectivity index (χ4n) is 7.04. The van der Waals surface area contributed by atoms with Crippen molar-refractivity contribution < 1.29 is 0 Å². The van der Waals surface area contributed by atoms with Crippen LogP contribution in [-0.4, -0.2) is 42.4 Å². The van der Waals surface area contributed by atoms with Gasteiger partial charge in [0.05, 0.1) is 0 Å². The molecule has 1 aromatic rings. The molecule has 0 spiro atoms. The molecular formula is C26H41N2Si. The first kappa shape index (κ1) is 20.3. The van der Waals surface area contributed by atoms with E-state index in [-0.39, 0.29) is 0 Å². The number of nitrogens with zero attached hydrogens (tertiary/aromatic N) is 2. The number of hydrogen-bond acceptors (Lipinski definition) is 2. The van der Waals surface area contributed by atoms with Crippen molar-refractivity contribution in [3.05, 3.63) is 30.3 Å². The van der Waals surface area contributed by atoms with Crippen LogP contribution in [0.3, 0.4) is 0 Å². The van der Waals surface area contributed by atoms with Gasteiger partial charge in [-0.25, -0.2) is 0 Å². The highest BCUT2D eigenvalue weighted by Crippen LogP contribution is 2.38. The summed E-state index contributed by atoms with van der Waals surface area (Å²) in [6, 6.07) is 15.3. The third-order valence-corrected chi connectivity index (χ3v) is 11.7. The van der Waals surface area contributed by atoms with E-state index in [1.165, 1.54) is 103 Å². The van der Waals surface area contributed by atoms with E-state index in [1.54, 1.807) is 5.19 Å². The molecule has 0 heterocycles. The highest BCUT2D eigenvalue weighted by molar-refractivity contribution is 6.68. The summed E-state index contributed by atoms with van der Waals surface area (Å²) in [5, 5.41) is 1.69. The first-order valence-electron chi connectivity index (χ1n) is 12.9. The molecule has 1 radical (unpaired) electrons. The lowest BCUT2D eigenvalue weighted by molar-refractivity contribution is 0.181. The van der Waals surface area contributed by atoms with Gasteiger partial charge in [-0.05, 0) is 56.6 Å². The molecule has 0 saturated heterocycles. The SMILES string of the molecule is c1ccc([Si](N(C2CCCC2)C2CCCC2)N(C2CCCC2)C2CCCC2)cc1. The molecule has 0 aliphatic heterocycles. The highest BCUT2D eigenvalue weighted by atomic mass is 28.3. The second kappa shape index (κ2) is 9.66. The average molecular weight is 410 g/mol. The van der Waals surface area contributed by atoms with Crippen molar-refractivity contribution in [1.29, 1.82) is 0 Å². The van der Waals surface area contributed by atoms with Crippen molar-refractivity contribution in [3.63, 3.8) is 0 Å². The lowest BCUT2D eigenvalue weighted by atomic mass is 10.2. The van der Waals surface area contributed by atoms with Gasteiger partial charge in [-0.1, -0.05) is 81.7 Å². The lowest BCUT2D eigenvalue weighted by Crippen LogP contribution is -2.68. The summed E-state index contributed by atoms with van der Waals surface area (Å²) in [5.74, 6) is 0. The van der Waals surface area contributed by atoms with Crippen LogP contribution < -0.4 is 5.19 Å². The first-order valence-corrected chi connectivity index (χ1v) is 14.3. The van der Waals surface area contributed by atoms with E-state index in [2.05, 4.69) is 39.5 Å². The van der Waals surface area contributed by atoms with E-state index < -0.39 is 9.12 Å². The number of hydrogen-bond donors (Lipinski definition) is 0. The van der Waals surface area contributed by atoms with Gasteiger partial charge in [0.25, 0.3) is 9.12 Å². The zero-order valence-electron chi connectivity index (χ0n) is 18.4. The summed E-state index contributed by atoms with van der Waals surface area (Å²) in [6.07, 6.45) is 23.4. The summed E-state index contributed by atoms with van der Waals surface area (Å²) < 4.78 is 6.41. The maximum Gasteiger partial charge on any atom is 0.267 e. The smallest absolute Gasteiger partial charge is 0.267 e. The minimum Gasteiger partial charge on any atom is -0.302 e. The van der Waals surface area contributed by atoms with E-state index in [9.17, 15) is 0 Å². The molecule has 3 heteroatoms. The molecule has 4 fully saturated rings. The summed E-state index contributed by atoms with van der Waals surface area (Å²) in [7, 11) is -0.864. The van der Waals surface area contributed by atoms with Crippen molar-refractivity contribution in [1.82, 2.24) is 9.13 Å². The molecule has 5 rings (SSSR count). The second-order valence-corrected chi connectivity index (χ2v) is 12.5. The molecule has 0 atom stereocenters. The van der Waals surface area contributed by atoms with Crippen molar-refractivity contribution >= 4 is 14.3 Å². The predicted octanol–water partition coefficient (Wildman–Crippen LogP) is 5.76. The third-order valence-electron chi connectivity index (χ3n) is 8.39. The quantitative estimate of drug-likeness (QED) is 0.529. The van der Waals surface area contributed by atoms with Gasteiger partial charge in [-0.15, -0.1) is 0 Å². The Balaban J connectivity index is 1.56. The summed E-state index contributed by atoms with van der Waals surface area (Å²) in [5.41, 5.74) is 0. The van der Waals surface area contributed by atoms with Gasteiger partial charge in [0.1, 0.15) is 0 Å². The van der Waals surface area contributed by atoms with Gasteiger partial charge in [0.15, 0.2) is 0 Å². The van der Waals surface area contributed by atoms with E-state index >= 15 is 0 Å². The van der Waals surface area contributed by atoms with Crippen molar-refractivity contribution in [2.24, 2.45) is 0 Å². The van der Waals surface area contributed by atoms with Crippen LogP contribution in [0.1, 0.15) is 103 Å². The molecule has 4 saturated carbocycles.